The third-order valence-electron chi connectivity index (χ3n) is 1.94. The van der Waals surface area contributed by atoms with Crippen molar-refractivity contribution in [1.29, 1.82) is 0 Å². The molecule has 2 heterocycles. The standard InChI is InChI=1S/C9H5Cl3N2O/c10-9(11,12)8-13-6(5-15)7-3-1-2-4-14(7)8/h1-5H. The van der Waals surface area contributed by atoms with Gasteiger partial charge in [-0.2, -0.15) is 0 Å². The maximum absolute atomic E-state index is 10.8. The van der Waals surface area contributed by atoms with Crippen molar-refractivity contribution in [3.63, 3.8) is 0 Å². The van der Waals surface area contributed by atoms with Crippen LogP contribution in [0, 0.1) is 0 Å². The number of rotatable bonds is 1. The van der Waals surface area contributed by atoms with E-state index in [0.717, 1.165) is 0 Å². The molecule has 0 aromatic carbocycles. The molecule has 0 unspecified atom stereocenters. The van der Waals surface area contributed by atoms with Gasteiger partial charge in [0.15, 0.2) is 12.1 Å². The highest BCUT2D eigenvalue weighted by atomic mass is 35.6. The van der Waals surface area contributed by atoms with Crippen LogP contribution >= 0.6 is 34.8 Å². The van der Waals surface area contributed by atoms with Gasteiger partial charge in [-0.1, -0.05) is 40.9 Å². The molecule has 0 amide bonds. The quantitative estimate of drug-likeness (QED) is 0.585. The maximum Gasteiger partial charge on any atom is 0.248 e. The molecule has 2 aromatic heterocycles. The largest absolute Gasteiger partial charge is 0.299 e. The van der Waals surface area contributed by atoms with Gasteiger partial charge < -0.3 is 0 Å². The maximum atomic E-state index is 10.8. The summed E-state index contributed by atoms with van der Waals surface area (Å²) in [6, 6.07) is 5.28. The van der Waals surface area contributed by atoms with E-state index in [2.05, 4.69) is 4.98 Å². The van der Waals surface area contributed by atoms with Crippen LogP contribution in [0.25, 0.3) is 5.52 Å². The molecule has 0 fully saturated rings. The third kappa shape index (κ3) is 1.83. The Kier molecular flexibility index (Phi) is 2.63. The number of aromatic nitrogens is 2. The van der Waals surface area contributed by atoms with Crippen LogP contribution in [0.3, 0.4) is 0 Å². The normalized spacial score (nSPS) is 11.9. The summed E-state index contributed by atoms with van der Waals surface area (Å²) in [7, 11) is 0. The van der Waals surface area contributed by atoms with Crippen LogP contribution in [-0.2, 0) is 3.79 Å². The second-order valence-corrected chi connectivity index (χ2v) is 5.17. The zero-order chi connectivity index (χ0) is 11.1. The Morgan fingerprint density at radius 2 is 2.07 bits per heavy atom. The average Bonchev–Trinajstić information content (AvgIpc) is 2.55. The van der Waals surface area contributed by atoms with Gasteiger partial charge in [-0.15, -0.1) is 0 Å². The van der Waals surface area contributed by atoms with E-state index in [1.54, 1.807) is 28.8 Å². The van der Waals surface area contributed by atoms with Crippen LogP contribution in [0.15, 0.2) is 24.4 Å². The van der Waals surface area contributed by atoms with Gasteiger partial charge in [-0.3, -0.25) is 9.20 Å². The minimum absolute atomic E-state index is 0.213. The van der Waals surface area contributed by atoms with Crippen molar-refractivity contribution in [3.05, 3.63) is 35.9 Å². The fraction of sp³-hybridized carbons (Fsp3) is 0.111. The highest BCUT2D eigenvalue weighted by Crippen LogP contribution is 2.37. The Morgan fingerprint density at radius 3 is 2.67 bits per heavy atom. The summed E-state index contributed by atoms with van der Waals surface area (Å²) < 4.78 is -0.0672. The number of hydrogen-bond acceptors (Lipinski definition) is 2. The van der Waals surface area contributed by atoms with E-state index in [4.69, 9.17) is 34.8 Å². The number of halogens is 3. The molecule has 0 spiro atoms. The minimum Gasteiger partial charge on any atom is -0.299 e. The van der Waals surface area contributed by atoms with Crippen molar-refractivity contribution >= 4 is 46.6 Å². The molecule has 0 saturated carbocycles. The minimum atomic E-state index is -1.65. The van der Waals surface area contributed by atoms with Gasteiger partial charge in [0, 0.05) is 6.20 Å². The zero-order valence-corrected chi connectivity index (χ0v) is 9.59. The fourth-order valence-electron chi connectivity index (χ4n) is 1.35. The summed E-state index contributed by atoms with van der Waals surface area (Å²) in [6.45, 7) is 0. The number of carbonyl (C=O) groups excluding carboxylic acids is 1. The summed E-state index contributed by atoms with van der Waals surface area (Å²) in [6.07, 6.45) is 2.32. The molecular formula is C9H5Cl3N2O. The van der Waals surface area contributed by atoms with Crippen LogP contribution < -0.4 is 0 Å². The number of carbonyl (C=O) groups is 1. The first kappa shape index (κ1) is 10.7. The van der Waals surface area contributed by atoms with Gasteiger partial charge in [-0.05, 0) is 12.1 Å². The number of pyridine rings is 1. The van der Waals surface area contributed by atoms with Gasteiger partial charge in [0.25, 0.3) is 0 Å². The molecule has 0 saturated heterocycles. The Bertz CT molecular complexity index is 516. The Labute approximate surface area is 101 Å². The molecule has 2 aromatic rings. The van der Waals surface area contributed by atoms with Crippen LogP contribution in [0.2, 0.25) is 0 Å². The topological polar surface area (TPSA) is 34.4 Å². The molecular weight excluding hydrogens is 258 g/mol. The molecule has 6 heteroatoms. The molecule has 0 atom stereocenters. The van der Waals surface area contributed by atoms with Gasteiger partial charge in [0.1, 0.15) is 5.69 Å². The highest BCUT2D eigenvalue weighted by Gasteiger charge is 2.29. The molecule has 78 valence electrons. The molecule has 0 aliphatic heterocycles. The van der Waals surface area contributed by atoms with Crippen molar-refractivity contribution < 1.29 is 4.79 Å². The van der Waals surface area contributed by atoms with Gasteiger partial charge >= 0.3 is 0 Å². The summed E-state index contributed by atoms with van der Waals surface area (Å²) in [4.78, 5) is 14.7. The summed E-state index contributed by atoms with van der Waals surface area (Å²) >= 11 is 17.2. The molecule has 0 N–H and O–H groups in total. The van der Waals surface area contributed by atoms with Gasteiger partial charge in [0.05, 0.1) is 5.52 Å². The first-order valence-corrected chi connectivity index (χ1v) is 5.17. The predicted molar refractivity (Wildman–Crippen MR) is 59.8 cm³/mol. The zero-order valence-electron chi connectivity index (χ0n) is 7.32. The van der Waals surface area contributed by atoms with E-state index in [-0.39, 0.29) is 11.5 Å². The van der Waals surface area contributed by atoms with E-state index in [9.17, 15) is 4.79 Å². The molecule has 0 bridgehead atoms. The molecule has 0 aliphatic carbocycles. The number of alkyl halides is 3. The second-order valence-electron chi connectivity index (χ2n) is 2.89. The Balaban J connectivity index is 2.82. The second kappa shape index (κ2) is 3.67. The van der Waals surface area contributed by atoms with Crippen LogP contribution in [0.5, 0.6) is 0 Å². The van der Waals surface area contributed by atoms with E-state index in [1.807, 2.05) is 0 Å². The monoisotopic (exact) mass is 262 g/mol. The number of imidazole rings is 1. The molecule has 2 rings (SSSR count). The number of fused-ring (bicyclic) bond motifs is 1. The molecule has 0 aliphatic rings. The van der Waals surface area contributed by atoms with Gasteiger partial charge in [0.2, 0.25) is 3.79 Å². The lowest BCUT2D eigenvalue weighted by molar-refractivity contribution is 0.112. The smallest absolute Gasteiger partial charge is 0.248 e. The average molecular weight is 264 g/mol. The summed E-state index contributed by atoms with van der Waals surface area (Å²) in [5.41, 5.74) is 0.880. The lowest BCUT2D eigenvalue weighted by Gasteiger charge is -2.08. The number of aldehydes is 1. The van der Waals surface area contributed by atoms with E-state index in [1.165, 1.54) is 0 Å². The van der Waals surface area contributed by atoms with E-state index >= 15 is 0 Å². The predicted octanol–water partition coefficient (Wildman–Crippen LogP) is 2.97. The van der Waals surface area contributed by atoms with E-state index in [0.29, 0.717) is 11.8 Å². The van der Waals surface area contributed by atoms with Gasteiger partial charge in [-0.25, -0.2) is 4.98 Å². The first-order valence-electron chi connectivity index (χ1n) is 4.03. The Morgan fingerprint density at radius 1 is 1.33 bits per heavy atom. The van der Waals surface area contributed by atoms with Crippen molar-refractivity contribution in [3.8, 4) is 0 Å². The number of hydrogen-bond donors (Lipinski definition) is 0. The van der Waals surface area contributed by atoms with Crippen LogP contribution in [0.1, 0.15) is 16.3 Å². The van der Waals surface area contributed by atoms with Crippen molar-refractivity contribution in [2.45, 2.75) is 3.79 Å². The third-order valence-corrected chi connectivity index (χ3v) is 2.45. The number of nitrogens with zero attached hydrogens (tertiary/aromatic N) is 2. The lowest BCUT2D eigenvalue weighted by Crippen LogP contribution is -2.06. The first-order chi connectivity index (χ1) is 7.04. The molecule has 0 radical (unpaired) electrons. The van der Waals surface area contributed by atoms with Crippen molar-refractivity contribution in [2.75, 3.05) is 0 Å². The van der Waals surface area contributed by atoms with Crippen LogP contribution in [-0.4, -0.2) is 15.7 Å². The molecule has 15 heavy (non-hydrogen) atoms. The fourth-order valence-corrected chi connectivity index (χ4v) is 1.75. The lowest BCUT2D eigenvalue weighted by atomic mass is 10.3. The Hall–Kier alpha value is -0.770. The molecule has 3 nitrogen and oxygen atoms in total. The van der Waals surface area contributed by atoms with Crippen LogP contribution in [0.4, 0.5) is 0 Å². The van der Waals surface area contributed by atoms with Crippen molar-refractivity contribution in [2.24, 2.45) is 0 Å². The summed E-state index contributed by atoms with van der Waals surface area (Å²) in [5, 5.41) is 0. The SMILES string of the molecule is O=Cc1nc(C(Cl)(Cl)Cl)n2ccccc12. The highest BCUT2D eigenvalue weighted by molar-refractivity contribution is 6.66. The van der Waals surface area contributed by atoms with E-state index < -0.39 is 3.79 Å². The van der Waals surface area contributed by atoms with Crippen molar-refractivity contribution in [1.82, 2.24) is 9.38 Å². The summed E-state index contributed by atoms with van der Waals surface area (Å²) in [5.74, 6) is 0.213.